The third kappa shape index (κ3) is 5.05. The molecule has 2 unspecified atom stereocenters. The van der Waals surface area contributed by atoms with Crippen LogP contribution in [0.1, 0.15) is 44.7 Å². The van der Waals surface area contributed by atoms with Crippen LogP contribution in [0.5, 0.6) is 23.0 Å². The van der Waals surface area contributed by atoms with Crippen molar-refractivity contribution in [3.63, 3.8) is 0 Å². The van der Waals surface area contributed by atoms with E-state index in [1.54, 1.807) is 75.4 Å². The van der Waals surface area contributed by atoms with Crippen molar-refractivity contribution in [2.75, 3.05) is 27.4 Å². The lowest BCUT2D eigenvalue weighted by atomic mass is 9.75. The van der Waals surface area contributed by atoms with Gasteiger partial charge >= 0.3 is 0 Å². The van der Waals surface area contributed by atoms with Gasteiger partial charge in [0.25, 0.3) is 0 Å². The molecule has 2 aliphatic heterocycles. The molecule has 8 heteroatoms. The second kappa shape index (κ2) is 10.9. The van der Waals surface area contributed by atoms with Crippen molar-refractivity contribution in [3.05, 3.63) is 108 Å². The maximum Gasteiger partial charge on any atom is 0.180 e. The number of ketones is 2. The Morgan fingerprint density at radius 3 is 1.95 bits per heavy atom. The number of hydrogen-bond donors (Lipinski definition) is 0. The van der Waals surface area contributed by atoms with Gasteiger partial charge < -0.3 is 18.9 Å². The van der Waals surface area contributed by atoms with Gasteiger partial charge in [0.2, 0.25) is 0 Å². The quantitative estimate of drug-likeness (QED) is 0.365. The molecule has 0 N–H and O–H groups in total. The molecule has 6 rings (SSSR count). The van der Waals surface area contributed by atoms with E-state index in [1.807, 2.05) is 31.2 Å². The van der Waals surface area contributed by atoms with Gasteiger partial charge in [-0.25, -0.2) is 0 Å². The molecule has 0 saturated heterocycles. The number of carbonyl (C=O) groups is 2. The molecule has 0 radical (unpaired) electrons. The molecule has 2 aliphatic rings. The van der Waals surface area contributed by atoms with Crippen molar-refractivity contribution < 1.29 is 28.5 Å². The average molecular weight is 525 g/mol. The highest BCUT2D eigenvalue weighted by Crippen LogP contribution is 2.38. The number of fused-ring (bicyclic) bond motifs is 2. The van der Waals surface area contributed by atoms with Gasteiger partial charge in [0, 0.05) is 36.9 Å². The molecule has 0 aliphatic carbocycles. The summed E-state index contributed by atoms with van der Waals surface area (Å²) in [4.78, 5) is 33.2. The summed E-state index contributed by atoms with van der Waals surface area (Å²) in [6, 6.07) is 18.0. The number of pyridine rings is 2. The number of methoxy groups -OCH3 is 2. The van der Waals surface area contributed by atoms with Crippen LogP contribution >= 0.6 is 0 Å². The van der Waals surface area contributed by atoms with Crippen LogP contribution in [0.2, 0.25) is 0 Å². The van der Waals surface area contributed by atoms with Crippen LogP contribution in [0.25, 0.3) is 0 Å². The van der Waals surface area contributed by atoms with Crippen molar-refractivity contribution in [3.8, 4) is 23.0 Å². The standard InChI is InChI=1S/C16H15NO3.C15H13NO3/c1-16(11-5-7-17-8-6-11)10-20-14-9-12(19-2)3-4-13(14)15(16)18;1-18-11-2-3-12-14(8-11)19-9-13(15(12)17)10-4-6-16-7-5-10/h3-9H,10H2,1-2H3;2-8,13H,9H2,1H3. The first-order valence-corrected chi connectivity index (χ1v) is 12.5. The van der Waals surface area contributed by atoms with E-state index in [0.717, 1.165) is 11.1 Å². The van der Waals surface area contributed by atoms with E-state index in [1.165, 1.54) is 0 Å². The smallest absolute Gasteiger partial charge is 0.180 e. The highest BCUT2D eigenvalue weighted by molar-refractivity contribution is 6.07. The highest BCUT2D eigenvalue weighted by Gasteiger charge is 2.41. The largest absolute Gasteiger partial charge is 0.497 e. The van der Waals surface area contributed by atoms with Gasteiger partial charge in [0.1, 0.15) is 36.2 Å². The Kier molecular flexibility index (Phi) is 7.27. The average Bonchev–Trinajstić information content (AvgIpc) is 3.00. The van der Waals surface area contributed by atoms with Crippen molar-refractivity contribution in [1.82, 2.24) is 9.97 Å². The molecule has 8 nitrogen and oxygen atoms in total. The van der Waals surface area contributed by atoms with E-state index in [2.05, 4.69) is 9.97 Å². The summed E-state index contributed by atoms with van der Waals surface area (Å²) >= 11 is 0. The fourth-order valence-electron chi connectivity index (χ4n) is 4.69. The maximum atomic E-state index is 12.8. The Labute approximate surface area is 226 Å². The molecule has 2 aromatic carbocycles. The molecular weight excluding hydrogens is 496 g/mol. The number of hydrogen-bond acceptors (Lipinski definition) is 8. The predicted octanol–water partition coefficient (Wildman–Crippen LogP) is 5.07. The number of nitrogens with zero attached hydrogens (tertiary/aromatic N) is 2. The van der Waals surface area contributed by atoms with Gasteiger partial charge in [-0.1, -0.05) is 0 Å². The summed E-state index contributed by atoms with van der Waals surface area (Å²) in [6.45, 7) is 2.57. The molecule has 2 atom stereocenters. The second-order valence-corrected chi connectivity index (χ2v) is 9.42. The monoisotopic (exact) mass is 524 g/mol. The molecule has 2 aromatic heterocycles. The summed E-state index contributed by atoms with van der Waals surface area (Å²) in [5.41, 5.74) is 2.37. The van der Waals surface area contributed by atoms with Crippen LogP contribution < -0.4 is 18.9 Å². The Morgan fingerprint density at radius 1 is 0.769 bits per heavy atom. The molecule has 0 fully saturated rings. The van der Waals surface area contributed by atoms with Crippen LogP contribution in [-0.4, -0.2) is 49.0 Å². The molecule has 39 heavy (non-hydrogen) atoms. The van der Waals surface area contributed by atoms with Crippen molar-refractivity contribution >= 4 is 11.6 Å². The zero-order valence-electron chi connectivity index (χ0n) is 21.9. The SMILES string of the molecule is COc1ccc2c(c1)OCC(C)(c1ccncc1)C2=O.COc1ccc2c(c1)OCC(c1ccncc1)C2=O. The molecule has 4 aromatic rings. The first-order valence-electron chi connectivity index (χ1n) is 12.5. The minimum absolute atomic E-state index is 0.0626. The minimum Gasteiger partial charge on any atom is -0.497 e. The maximum absolute atomic E-state index is 12.8. The van der Waals surface area contributed by atoms with Crippen LogP contribution in [0.4, 0.5) is 0 Å². The van der Waals surface area contributed by atoms with Gasteiger partial charge in [-0.2, -0.15) is 0 Å². The van der Waals surface area contributed by atoms with Gasteiger partial charge in [-0.15, -0.1) is 0 Å². The minimum atomic E-state index is -0.676. The van der Waals surface area contributed by atoms with Gasteiger partial charge in [0.15, 0.2) is 11.6 Å². The lowest BCUT2D eigenvalue weighted by Crippen LogP contribution is -2.42. The van der Waals surface area contributed by atoms with Gasteiger partial charge in [0.05, 0.1) is 36.7 Å². The first-order chi connectivity index (χ1) is 18.9. The molecule has 0 spiro atoms. The summed E-state index contributed by atoms with van der Waals surface area (Å²) in [5, 5.41) is 0. The number of ether oxygens (including phenoxy) is 4. The molecule has 4 heterocycles. The Morgan fingerprint density at radius 2 is 1.33 bits per heavy atom. The third-order valence-electron chi connectivity index (χ3n) is 7.05. The van der Waals surface area contributed by atoms with Crippen LogP contribution in [0, 0.1) is 0 Å². The summed E-state index contributed by atoms with van der Waals surface area (Å²) in [5.74, 6) is 2.43. The number of benzene rings is 2. The zero-order valence-corrected chi connectivity index (χ0v) is 21.9. The molecule has 0 saturated carbocycles. The number of rotatable bonds is 4. The lowest BCUT2D eigenvalue weighted by molar-refractivity contribution is 0.0790. The first kappa shape index (κ1) is 25.9. The summed E-state index contributed by atoms with van der Waals surface area (Å²) in [6.07, 6.45) is 6.76. The molecule has 0 amide bonds. The third-order valence-corrected chi connectivity index (χ3v) is 7.05. The van der Waals surface area contributed by atoms with Crippen molar-refractivity contribution in [2.45, 2.75) is 18.3 Å². The van der Waals surface area contributed by atoms with E-state index in [-0.39, 0.29) is 17.5 Å². The predicted molar refractivity (Wildman–Crippen MR) is 144 cm³/mol. The fraction of sp³-hybridized carbons (Fsp3) is 0.226. The number of carbonyl (C=O) groups excluding carboxylic acids is 2. The second-order valence-electron chi connectivity index (χ2n) is 9.42. The van der Waals surface area contributed by atoms with E-state index in [0.29, 0.717) is 47.3 Å². The summed E-state index contributed by atoms with van der Waals surface area (Å²) in [7, 11) is 3.18. The summed E-state index contributed by atoms with van der Waals surface area (Å²) < 4.78 is 21.7. The van der Waals surface area contributed by atoms with Crippen LogP contribution in [-0.2, 0) is 5.41 Å². The topological polar surface area (TPSA) is 96.8 Å². The zero-order chi connectivity index (χ0) is 27.4. The van der Waals surface area contributed by atoms with Crippen molar-refractivity contribution in [1.29, 1.82) is 0 Å². The van der Waals surface area contributed by atoms with Crippen LogP contribution in [0.15, 0.2) is 85.5 Å². The van der Waals surface area contributed by atoms with Gasteiger partial charge in [-0.05, 0) is 66.6 Å². The lowest BCUT2D eigenvalue weighted by Gasteiger charge is -2.33. The van der Waals surface area contributed by atoms with Crippen molar-refractivity contribution in [2.24, 2.45) is 0 Å². The molecule has 0 bridgehead atoms. The Hall–Kier alpha value is -4.72. The normalized spacial score (nSPS) is 19.3. The van der Waals surface area contributed by atoms with E-state index < -0.39 is 5.41 Å². The fourth-order valence-corrected chi connectivity index (χ4v) is 4.69. The van der Waals surface area contributed by atoms with Gasteiger partial charge in [-0.3, -0.25) is 19.6 Å². The molecule has 198 valence electrons. The Balaban J connectivity index is 0.000000158. The Bertz CT molecular complexity index is 1490. The number of Topliss-reactive ketones (excluding diaryl/α,β-unsaturated/α-hetero) is 2. The molecular formula is C31H28N2O6. The van der Waals surface area contributed by atoms with E-state index in [4.69, 9.17) is 18.9 Å². The van der Waals surface area contributed by atoms with E-state index in [9.17, 15) is 9.59 Å². The number of aromatic nitrogens is 2. The van der Waals surface area contributed by atoms with E-state index >= 15 is 0 Å². The highest BCUT2D eigenvalue weighted by atomic mass is 16.5. The van der Waals surface area contributed by atoms with Crippen LogP contribution in [0.3, 0.4) is 0 Å².